The smallest absolute Gasteiger partial charge is 0.387 e. The van der Waals surface area contributed by atoms with Gasteiger partial charge in [0.2, 0.25) is 5.91 Å². The molecule has 8 heteroatoms. The number of methoxy groups -OCH3 is 1. The van der Waals surface area contributed by atoms with E-state index >= 15 is 0 Å². The van der Waals surface area contributed by atoms with Crippen molar-refractivity contribution >= 4 is 21.8 Å². The van der Waals surface area contributed by atoms with E-state index in [1.165, 1.54) is 0 Å². The van der Waals surface area contributed by atoms with Gasteiger partial charge in [-0.3, -0.25) is 9.69 Å². The first kappa shape index (κ1) is 23.5. The summed E-state index contributed by atoms with van der Waals surface area (Å²) in [5.74, 6) is 1.13. The molecule has 5 nitrogen and oxygen atoms in total. The number of amides is 1. The van der Waals surface area contributed by atoms with E-state index < -0.39 is 6.61 Å². The Kier molecular flexibility index (Phi) is 8.66. The van der Waals surface area contributed by atoms with Crippen LogP contribution in [0, 0.1) is 0 Å². The van der Waals surface area contributed by atoms with Gasteiger partial charge in [-0.15, -0.1) is 0 Å². The van der Waals surface area contributed by atoms with Crippen molar-refractivity contribution in [3.8, 4) is 11.5 Å². The van der Waals surface area contributed by atoms with Gasteiger partial charge in [-0.05, 0) is 48.7 Å². The molecular weight excluding hydrogens is 470 g/mol. The molecule has 0 aliphatic carbocycles. The van der Waals surface area contributed by atoms with Gasteiger partial charge in [-0.2, -0.15) is 8.78 Å². The third kappa shape index (κ3) is 7.18. The highest BCUT2D eigenvalue weighted by Crippen LogP contribution is 2.26. The monoisotopic (exact) mass is 496 g/mol. The molecule has 1 saturated heterocycles. The fourth-order valence-corrected chi connectivity index (χ4v) is 4.11. The molecule has 0 N–H and O–H groups in total. The number of hydrogen-bond acceptors (Lipinski definition) is 4. The molecule has 1 aliphatic rings. The molecule has 1 aliphatic heterocycles. The number of alkyl halides is 2. The molecule has 2 aromatic rings. The van der Waals surface area contributed by atoms with E-state index in [-0.39, 0.29) is 11.7 Å². The van der Waals surface area contributed by atoms with E-state index in [9.17, 15) is 13.6 Å². The number of aryl methyl sites for hydroxylation is 1. The fraction of sp³-hybridized carbons (Fsp3) is 0.435. The highest BCUT2D eigenvalue weighted by Gasteiger charge is 2.20. The Hall–Kier alpha value is -2.19. The lowest BCUT2D eigenvalue weighted by Crippen LogP contribution is -2.35. The van der Waals surface area contributed by atoms with Crippen molar-refractivity contribution in [2.24, 2.45) is 0 Å². The molecule has 31 heavy (non-hydrogen) atoms. The van der Waals surface area contributed by atoms with Crippen LogP contribution in [0.15, 0.2) is 46.9 Å². The zero-order chi connectivity index (χ0) is 22.2. The normalized spacial score (nSPS) is 15.1. The second-order valence-electron chi connectivity index (χ2n) is 7.49. The summed E-state index contributed by atoms with van der Waals surface area (Å²) in [5.41, 5.74) is 1.81. The minimum atomic E-state index is -2.86. The Morgan fingerprint density at radius 3 is 2.58 bits per heavy atom. The quantitative estimate of drug-likeness (QED) is 0.529. The maximum Gasteiger partial charge on any atom is 0.387 e. The summed E-state index contributed by atoms with van der Waals surface area (Å²) in [6, 6.07) is 12.8. The molecule has 0 spiro atoms. The third-order valence-corrected chi connectivity index (χ3v) is 5.85. The van der Waals surface area contributed by atoms with Gasteiger partial charge in [0.05, 0.1) is 7.11 Å². The summed E-state index contributed by atoms with van der Waals surface area (Å²) in [5, 5.41) is 0. The first-order chi connectivity index (χ1) is 14.9. The Morgan fingerprint density at radius 1 is 1.10 bits per heavy atom. The van der Waals surface area contributed by atoms with E-state index in [1.807, 2.05) is 29.2 Å². The summed E-state index contributed by atoms with van der Waals surface area (Å²) in [6.07, 6.45) is 1.99. The molecule has 0 bridgehead atoms. The summed E-state index contributed by atoms with van der Waals surface area (Å²) in [4.78, 5) is 16.8. The van der Waals surface area contributed by atoms with Crippen molar-refractivity contribution in [2.45, 2.75) is 32.4 Å². The van der Waals surface area contributed by atoms with Gasteiger partial charge in [0.1, 0.15) is 11.5 Å². The summed E-state index contributed by atoms with van der Waals surface area (Å²) < 4.78 is 36.1. The van der Waals surface area contributed by atoms with E-state index in [1.54, 1.807) is 25.3 Å². The zero-order valence-corrected chi connectivity index (χ0v) is 19.1. The molecule has 1 amide bonds. The van der Waals surface area contributed by atoms with E-state index in [0.29, 0.717) is 44.6 Å². The standard InChI is InChI=1S/C23H27BrF2N2O3/c1-30-20-7-3-17(4-8-20)5-10-22(29)28-12-2-11-27(13-14-28)16-18-15-19(24)6-9-21(18)31-23(25)26/h3-4,6-9,15,23H,2,5,10-14,16H2,1H3. The van der Waals surface area contributed by atoms with Crippen molar-refractivity contribution < 1.29 is 23.0 Å². The lowest BCUT2D eigenvalue weighted by molar-refractivity contribution is -0.131. The Bertz CT molecular complexity index is 864. The van der Waals surface area contributed by atoms with Crippen molar-refractivity contribution in [1.82, 2.24) is 9.80 Å². The molecule has 1 fully saturated rings. The summed E-state index contributed by atoms with van der Waals surface area (Å²) in [7, 11) is 1.63. The van der Waals surface area contributed by atoms with Crippen LogP contribution in [0.3, 0.4) is 0 Å². The summed E-state index contributed by atoms with van der Waals surface area (Å²) >= 11 is 3.39. The van der Waals surface area contributed by atoms with Crippen LogP contribution < -0.4 is 9.47 Å². The number of benzene rings is 2. The fourth-order valence-electron chi connectivity index (χ4n) is 3.70. The number of carbonyl (C=O) groups excluding carboxylic acids is 1. The average Bonchev–Trinajstić information content (AvgIpc) is 3.00. The van der Waals surface area contributed by atoms with Crippen LogP contribution in [0.2, 0.25) is 0 Å². The Morgan fingerprint density at radius 2 is 1.87 bits per heavy atom. The first-order valence-corrected chi connectivity index (χ1v) is 11.1. The van der Waals surface area contributed by atoms with Gasteiger partial charge >= 0.3 is 6.61 Å². The largest absolute Gasteiger partial charge is 0.497 e. The molecule has 168 valence electrons. The van der Waals surface area contributed by atoms with Crippen molar-refractivity contribution in [3.05, 3.63) is 58.1 Å². The van der Waals surface area contributed by atoms with Gasteiger partial charge in [0.15, 0.2) is 0 Å². The molecule has 3 rings (SSSR count). The van der Waals surface area contributed by atoms with Gasteiger partial charge in [-0.1, -0.05) is 28.1 Å². The van der Waals surface area contributed by atoms with E-state index in [2.05, 4.69) is 25.6 Å². The molecule has 0 unspecified atom stereocenters. The Labute approximate surface area is 190 Å². The molecule has 0 aromatic heterocycles. The van der Waals surface area contributed by atoms with Crippen molar-refractivity contribution in [1.29, 1.82) is 0 Å². The minimum absolute atomic E-state index is 0.141. The van der Waals surface area contributed by atoms with Gasteiger partial charge in [0.25, 0.3) is 0 Å². The molecule has 1 heterocycles. The maximum absolute atomic E-state index is 12.7. The van der Waals surface area contributed by atoms with Crippen LogP contribution in [0.25, 0.3) is 0 Å². The van der Waals surface area contributed by atoms with Crippen molar-refractivity contribution in [3.63, 3.8) is 0 Å². The predicted molar refractivity (Wildman–Crippen MR) is 119 cm³/mol. The lowest BCUT2D eigenvalue weighted by Gasteiger charge is -2.23. The Balaban J connectivity index is 1.53. The van der Waals surface area contributed by atoms with Crippen molar-refractivity contribution in [2.75, 3.05) is 33.3 Å². The van der Waals surface area contributed by atoms with Crippen LogP contribution in [0.5, 0.6) is 11.5 Å². The van der Waals surface area contributed by atoms with Crippen LogP contribution in [-0.4, -0.2) is 55.6 Å². The highest BCUT2D eigenvalue weighted by atomic mass is 79.9. The highest BCUT2D eigenvalue weighted by molar-refractivity contribution is 9.10. The average molecular weight is 497 g/mol. The first-order valence-electron chi connectivity index (χ1n) is 10.3. The van der Waals surface area contributed by atoms with Crippen LogP contribution in [0.1, 0.15) is 24.0 Å². The molecule has 0 atom stereocenters. The van der Waals surface area contributed by atoms with Crippen LogP contribution >= 0.6 is 15.9 Å². The number of hydrogen-bond donors (Lipinski definition) is 0. The topological polar surface area (TPSA) is 42.0 Å². The molecule has 2 aromatic carbocycles. The number of rotatable bonds is 8. The van der Waals surface area contributed by atoms with Gasteiger partial charge in [-0.25, -0.2) is 0 Å². The van der Waals surface area contributed by atoms with E-state index in [4.69, 9.17) is 4.74 Å². The summed E-state index contributed by atoms with van der Waals surface area (Å²) in [6.45, 7) is 0.452. The van der Waals surface area contributed by atoms with Gasteiger partial charge < -0.3 is 14.4 Å². The number of carbonyl (C=O) groups is 1. The van der Waals surface area contributed by atoms with Crippen LogP contribution in [-0.2, 0) is 17.8 Å². The maximum atomic E-state index is 12.7. The van der Waals surface area contributed by atoms with Gasteiger partial charge in [0, 0.05) is 49.2 Å². The third-order valence-electron chi connectivity index (χ3n) is 5.36. The SMILES string of the molecule is COc1ccc(CCC(=O)N2CCCN(Cc3cc(Br)ccc3OC(F)F)CC2)cc1. The molecule has 0 radical (unpaired) electrons. The molecular formula is C23H27BrF2N2O3. The number of nitrogens with zero attached hydrogens (tertiary/aromatic N) is 2. The van der Waals surface area contributed by atoms with E-state index in [0.717, 1.165) is 28.8 Å². The minimum Gasteiger partial charge on any atom is -0.497 e. The second-order valence-corrected chi connectivity index (χ2v) is 8.40. The number of ether oxygens (including phenoxy) is 2. The molecule has 0 saturated carbocycles. The predicted octanol–water partition coefficient (Wildman–Crippen LogP) is 4.73. The lowest BCUT2D eigenvalue weighted by atomic mass is 10.1. The zero-order valence-electron chi connectivity index (χ0n) is 17.5. The number of halogens is 3. The van der Waals surface area contributed by atoms with Crippen LogP contribution in [0.4, 0.5) is 8.78 Å². The second kappa shape index (κ2) is 11.4.